The summed E-state index contributed by atoms with van der Waals surface area (Å²) in [7, 11) is 1.58. The first-order chi connectivity index (χ1) is 13.1. The van der Waals surface area contributed by atoms with Gasteiger partial charge < -0.3 is 19.0 Å². The summed E-state index contributed by atoms with van der Waals surface area (Å²) >= 11 is 1.36. The summed E-state index contributed by atoms with van der Waals surface area (Å²) in [5.41, 5.74) is 1.57. The summed E-state index contributed by atoms with van der Waals surface area (Å²) in [4.78, 5) is 12.4. The van der Waals surface area contributed by atoms with Crippen LogP contribution in [0.4, 0.5) is 5.69 Å². The molecule has 0 aliphatic heterocycles. The van der Waals surface area contributed by atoms with E-state index in [2.05, 4.69) is 22.4 Å². The first-order valence-corrected chi connectivity index (χ1v) is 9.66. The fraction of sp³-hybridized carbons (Fsp3) is 0.316. The average molecular weight is 386 g/mol. The Morgan fingerprint density at radius 3 is 2.81 bits per heavy atom. The summed E-state index contributed by atoms with van der Waals surface area (Å²) in [6, 6.07) is 9.20. The van der Waals surface area contributed by atoms with Crippen LogP contribution in [0.25, 0.3) is 11.4 Å². The van der Waals surface area contributed by atoms with Gasteiger partial charge in [0.1, 0.15) is 11.5 Å². The molecule has 2 heterocycles. The van der Waals surface area contributed by atoms with E-state index in [9.17, 15) is 4.79 Å². The topological polar surface area (TPSA) is 82.2 Å². The number of anilines is 1. The maximum atomic E-state index is 12.4. The molecule has 0 spiro atoms. The minimum atomic E-state index is -0.128. The zero-order valence-electron chi connectivity index (χ0n) is 15.6. The molecule has 0 bridgehead atoms. The minimum absolute atomic E-state index is 0.128. The number of aromatic nitrogens is 3. The van der Waals surface area contributed by atoms with Crippen LogP contribution >= 0.6 is 11.8 Å². The molecule has 0 saturated carbocycles. The van der Waals surface area contributed by atoms with Gasteiger partial charge in [-0.25, -0.2) is 0 Å². The van der Waals surface area contributed by atoms with Gasteiger partial charge in [-0.3, -0.25) is 4.79 Å². The van der Waals surface area contributed by atoms with Crippen molar-refractivity contribution in [3.05, 3.63) is 42.4 Å². The highest BCUT2D eigenvalue weighted by molar-refractivity contribution is 7.99. The monoisotopic (exact) mass is 386 g/mol. The largest absolute Gasteiger partial charge is 0.495 e. The number of rotatable bonds is 8. The van der Waals surface area contributed by atoms with Crippen LogP contribution in [-0.4, -0.2) is 33.5 Å². The van der Waals surface area contributed by atoms with E-state index in [0.29, 0.717) is 16.6 Å². The van der Waals surface area contributed by atoms with Crippen LogP contribution in [0.15, 0.2) is 46.2 Å². The van der Waals surface area contributed by atoms with Gasteiger partial charge in [-0.15, -0.1) is 10.2 Å². The van der Waals surface area contributed by atoms with Crippen LogP contribution in [0.3, 0.4) is 0 Å². The number of carbonyl (C=O) groups is 1. The molecule has 7 nitrogen and oxygen atoms in total. The number of nitrogens with zero attached hydrogens (tertiary/aromatic N) is 3. The lowest BCUT2D eigenvalue weighted by atomic mass is 10.2. The Hall–Kier alpha value is -2.74. The zero-order chi connectivity index (χ0) is 19.2. The van der Waals surface area contributed by atoms with Crippen molar-refractivity contribution >= 4 is 23.4 Å². The average Bonchev–Trinajstić information content (AvgIpc) is 3.26. The third-order valence-electron chi connectivity index (χ3n) is 3.98. The van der Waals surface area contributed by atoms with Gasteiger partial charge in [-0.2, -0.15) is 0 Å². The molecule has 27 heavy (non-hydrogen) atoms. The SMILES string of the molecule is CCCn1c(SCC(=O)Nc2ccccc2OC)nnc1-c1ccoc1C. The number of nitrogens with one attached hydrogen (secondary N) is 1. The van der Waals surface area contributed by atoms with Crippen LogP contribution in [0, 0.1) is 6.92 Å². The van der Waals surface area contributed by atoms with Gasteiger partial charge in [0, 0.05) is 6.54 Å². The Kier molecular flexibility index (Phi) is 6.18. The predicted octanol–water partition coefficient (Wildman–Crippen LogP) is 4.00. The number of hydrogen-bond donors (Lipinski definition) is 1. The molecule has 2 aromatic heterocycles. The highest BCUT2D eigenvalue weighted by Crippen LogP contribution is 2.28. The lowest BCUT2D eigenvalue weighted by molar-refractivity contribution is -0.113. The lowest BCUT2D eigenvalue weighted by Gasteiger charge is -2.10. The second kappa shape index (κ2) is 8.77. The van der Waals surface area contributed by atoms with E-state index in [0.717, 1.165) is 30.1 Å². The molecular formula is C19H22N4O3S. The summed E-state index contributed by atoms with van der Waals surface area (Å²) in [5.74, 6) is 2.28. The second-order valence-corrected chi connectivity index (χ2v) is 6.83. The Balaban J connectivity index is 1.71. The highest BCUT2D eigenvalue weighted by atomic mass is 32.2. The Labute approximate surface area is 162 Å². The Morgan fingerprint density at radius 1 is 1.30 bits per heavy atom. The molecule has 0 aliphatic rings. The molecule has 1 N–H and O–H groups in total. The molecule has 0 aliphatic carbocycles. The summed E-state index contributed by atoms with van der Waals surface area (Å²) in [6.45, 7) is 4.76. The summed E-state index contributed by atoms with van der Waals surface area (Å²) < 4.78 is 12.7. The zero-order valence-corrected chi connectivity index (χ0v) is 16.4. The van der Waals surface area contributed by atoms with Crippen LogP contribution in [0.2, 0.25) is 0 Å². The molecule has 0 atom stereocenters. The number of para-hydroxylation sites is 2. The molecule has 0 radical (unpaired) electrons. The predicted molar refractivity (Wildman–Crippen MR) is 105 cm³/mol. The Morgan fingerprint density at radius 2 is 2.11 bits per heavy atom. The second-order valence-electron chi connectivity index (χ2n) is 5.89. The van der Waals surface area contributed by atoms with Gasteiger partial charge in [0.05, 0.1) is 30.4 Å². The van der Waals surface area contributed by atoms with E-state index in [1.807, 2.05) is 29.7 Å². The number of carbonyl (C=O) groups excluding carboxylic acids is 1. The first kappa shape index (κ1) is 19.0. The van der Waals surface area contributed by atoms with E-state index in [1.165, 1.54) is 11.8 Å². The van der Waals surface area contributed by atoms with Gasteiger partial charge in [0.15, 0.2) is 11.0 Å². The third kappa shape index (κ3) is 4.33. The molecule has 1 aromatic carbocycles. The fourth-order valence-corrected chi connectivity index (χ4v) is 3.47. The number of thioether (sulfide) groups is 1. The summed E-state index contributed by atoms with van der Waals surface area (Å²) in [6.07, 6.45) is 2.58. The molecule has 142 valence electrons. The van der Waals surface area contributed by atoms with E-state index >= 15 is 0 Å². The van der Waals surface area contributed by atoms with Crippen molar-refractivity contribution in [2.75, 3.05) is 18.2 Å². The standard InChI is InChI=1S/C19H22N4O3S/c1-4-10-23-18(14-9-11-26-13(14)2)21-22-19(23)27-12-17(24)20-15-7-5-6-8-16(15)25-3/h5-9,11H,4,10,12H2,1-3H3,(H,20,24). The van der Waals surface area contributed by atoms with Gasteiger partial charge >= 0.3 is 0 Å². The van der Waals surface area contributed by atoms with Crippen molar-refractivity contribution in [3.8, 4) is 17.1 Å². The fourth-order valence-electron chi connectivity index (χ4n) is 2.70. The van der Waals surface area contributed by atoms with Gasteiger partial charge in [0.2, 0.25) is 5.91 Å². The highest BCUT2D eigenvalue weighted by Gasteiger charge is 2.18. The third-order valence-corrected chi connectivity index (χ3v) is 4.94. The van der Waals surface area contributed by atoms with Crippen LogP contribution in [-0.2, 0) is 11.3 Å². The minimum Gasteiger partial charge on any atom is -0.495 e. The van der Waals surface area contributed by atoms with Gasteiger partial charge in [-0.05, 0) is 31.5 Å². The number of hydrogen-bond acceptors (Lipinski definition) is 6. The van der Waals surface area contributed by atoms with Crippen molar-refractivity contribution in [3.63, 3.8) is 0 Å². The van der Waals surface area contributed by atoms with Crippen molar-refractivity contribution in [2.24, 2.45) is 0 Å². The molecular weight excluding hydrogens is 364 g/mol. The van der Waals surface area contributed by atoms with Crippen LogP contribution in [0.5, 0.6) is 5.75 Å². The van der Waals surface area contributed by atoms with Gasteiger partial charge in [-0.1, -0.05) is 30.8 Å². The molecule has 0 fully saturated rings. The quantitative estimate of drug-likeness (QED) is 0.589. The molecule has 3 rings (SSSR count). The van der Waals surface area contributed by atoms with E-state index < -0.39 is 0 Å². The van der Waals surface area contributed by atoms with Crippen molar-refractivity contribution < 1.29 is 13.9 Å². The molecule has 1 amide bonds. The molecule has 0 unspecified atom stereocenters. The smallest absolute Gasteiger partial charge is 0.234 e. The number of amides is 1. The van der Waals surface area contributed by atoms with Crippen LogP contribution in [0.1, 0.15) is 19.1 Å². The molecule has 8 heteroatoms. The number of furan rings is 1. The maximum Gasteiger partial charge on any atom is 0.234 e. The number of ether oxygens (including phenoxy) is 1. The first-order valence-electron chi connectivity index (χ1n) is 8.67. The van der Waals surface area contributed by atoms with Gasteiger partial charge in [0.25, 0.3) is 0 Å². The normalized spacial score (nSPS) is 10.8. The van der Waals surface area contributed by atoms with E-state index in [4.69, 9.17) is 9.15 Å². The number of methoxy groups -OCH3 is 1. The van der Waals surface area contributed by atoms with Crippen molar-refractivity contribution in [1.82, 2.24) is 14.8 Å². The molecule has 3 aromatic rings. The van der Waals surface area contributed by atoms with E-state index in [-0.39, 0.29) is 11.7 Å². The number of aryl methyl sites for hydroxylation is 1. The maximum absolute atomic E-state index is 12.4. The summed E-state index contributed by atoms with van der Waals surface area (Å²) in [5, 5.41) is 12.2. The number of benzene rings is 1. The Bertz CT molecular complexity index is 919. The van der Waals surface area contributed by atoms with Crippen molar-refractivity contribution in [2.45, 2.75) is 32.0 Å². The molecule has 0 saturated heterocycles. The van der Waals surface area contributed by atoms with Crippen molar-refractivity contribution in [1.29, 1.82) is 0 Å². The van der Waals surface area contributed by atoms with E-state index in [1.54, 1.807) is 25.5 Å². The van der Waals surface area contributed by atoms with Crippen LogP contribution < -0.4 is 10.1 Å². The lowest BCUT2D eigenvalue weighted by Crippen LogP contribution is -2.15.